The highest BCUT2D eigenvalue weighted by molar-refractivity contribution is 14.1. The predicted octanol–water partition coefficient (Wildman–Crippen LogP) is 2.25. The van der Waals surface area contributed by atoms with Crippen LogP contribution in [0.15, 0.2) is 0 Å². The van der Waals surface area contributed by atoms with E-state index in [1.165, 1.54) is 24.4 Å². The van der Waals surface area contributed by atoms with Gasteiger partial charge in [0.1, 0.15) is 5.82 Å². The molecule has 0 amide bonds. The molecule has 5 heteroatoms. The molecule has 3 nitrogen and oxygen atoms in total. The first kappa shape index (κ1) is 9.79. The molecule has 0 bridgehead atoms. The molecule has 72 valence electrons. The van der Waals surface area contributed by atoms with Crippen LogP contribution in [0.5, 0.6) is 0 Å². The largest absolute Gasteiger partial charge is 0.378 e. The lowest BCUT2D eigenvalue weighted by Crippen LogP contribution is -2.21. The number of nitrogens with zero attached hydrogens (tertiary/aromatic N) is 2. The number of ether oxygens (including phenoxy) is 1. The van der Waals surface area contributed by atoms with Crippen molar-refractivity contribution in [1.82, 2.24) is 9.36 Å². The van der Waals surface area contributed by atoms with Crippen molar-refractivity contribution in [2.75, 3.05) is 6.61 Å². The molecule has 0 aromatic carbocycles. The quantitative estimate of drug-likeness (QED) is 0.786. The smallest absolute Gasteiger partial charge is 0.173 e. The Bertz CT molecular complexity index is 273. The van der Waals surface area contributed by atoms with Gasteiger partial charge < -0.3 is 4.74 Å². The molecule has 2 rings (SSSR count). The van der Waals surface area contributed by atoms with E-state index in [1.807, 2.05) is 0 Å². The van der Waals surface area contributed by atoms with Crippen LogP contribution >= 0.6 is 34.1 Å². The molecule has 1 saturated heterocycles. The van der Waals surface area contributed by atoms with E-state index in [0.29, 0.717) is 6.10 Å². The minimum absolute atomic E-state index is 0.360. The molecule has 2 heterocycles. The zero-order valence-electron chi connectivity index (χ0n) is 7.20. The molecule has 13 heavy (non-hydrogen) atoms. The normalized spacial score (nSPS) is 23.3. The highest BCUT2D eigenvalue weighted by Gasteiger charge is 2.16. The zero-order valence-corrected chi connectivity index (χ0v) is 10.2. The zero-order chi connectivity index (χ0) is 9.10. The molecule has 1 unspecified atom stereocenters. The molecule has 1 aliphatic rings. The molecule has 1 aromatic heterocycles. The Morgan fingerprint density at radius 1 is 1.54 bits per heavy atom. The molecule has 1 atom stereocenters. The van der Waals surface area contributed by atoms with Crippen LogP contribution in [0, 0.1) is 3.01 Å². The summed E-state index contributed by atoms with van der Waals surface area (Å²) in [5.74, 6) is 0.946. The Morgan fingerprint density at radius 2 is 2.46 bits per heavy atom. The molecule has 0 spiro atoms. The van der Waals surface area contributed by atoms with E-state index < -0.39 is 0 Å². The predicted molar refractivity (Wildman–Crippen MR) is 59.9 cm³/mol. The Balaban J connectivity index is 1.89. The van der Waals surface area contributed by atoms with Gasteiger partial charge in [-0.25, -0.2) is 4.98 Å². The summed E-state index contributed by atoms with van der Waals surface area (Å²) in [5, 5.41) is 0. The molecule has 0 saturated carbocycles. The molecule has 1 aliphatic heterocycles. The van der Waals surface area contributed by atoms with Crippen molar-refractivity contribution in [3.8, 4) is 0 Å². The van der Waals surface area contributed by atoms with Gasteiger partial charge in [-0.2, -0.15) is 4.37 Å². The average Bonchev–Trinajstić information content (AvgIpc) is 2.53. The average molecular weight is 310 g/mol. The molecule has 1 fully saturated rings. The van der Waals surface area contributed by atoms with E-state index in [4.69, 9.17) is 4.74 Å². The molecule has 0 radical (unpaired) electrons. The van der Waals surface area contributed by atoms with Crippen LogP contribution in [0.1, 0.15) is 25.1 Å². The Kier molecular flexibility index (Phi) is 3.51. The van der Waals surface area contributed by atoms with Crippen molar-refractivity contribution in [3.05, 3.63) is 8.84 Å². The highest BCUT2D eigenvalue weighted by atomic mass is 127. The second-order valence-corrected chi connectivity index (χ2v) is 5.66. The summed E-state index contributed by atoms with van der Waals surface area (Å²) in [6.07, 6.45) is 4.90. The third-order valence-electron chi connectivity index (χ3n) is 2.13. The Morgan fingerprint density at radius 3 is 3.08 bits per heavy atom. The summed E-state index contributed by atoms with van der Waals surface area (Å²) in [6, 6.07) is 0. The summed E-state index contributed by atoms with van der Waals surface area (Å²) < 4.78 is 10.9. The number of halogens is 1. The van der Waals surface area contributed by atoms with Gasteiger partial charge in [0.15, 0.2) is 3.01 Å². The lowest BCUT2D eigenvalue weighted by Gasteiger charge is -2.21. The summed E-state index contributed by atoms with van der Waals surface area (Å²) in [7, 11) is 0. The topological polar surface area (TPSA) is 35.0 Å². The summed E-state index contributed by atoms with van der Waals surface area (Å²) in [4.78, 5) is 4.32. The van der Waals surface area contributed by atoms with Gasteiger partial charge in [-0.3, -0.25) is 0 Å². The fraction of sp³-hybridized carbons (Fsp3) is 0.750. The van der Waals surface area contributed by atoms with E-state index in [2.05, 4.69) is 31.9 Å². The summed E-state index contributed by atoms with van der Waals surface area (Å²) >= 11 is 3.66. The van der Waals surface area contributed by atoms with Crippen LogP contribution in [0.25, 0.3) is 0 Å². The molecule has 0 aliphatic carbocycles. The van der Waals surface area contributed by atoms with Crippen molar-refractivity contribution in [1.29, 1.82) is 0 Å². The van der Waals surface area contributed by atoms with Gasteiger partial charge in [0.05, 0.1) is 6.10 Å². The fourth-order valence-electron chi connectivity index (χ4n) is 1.49. The van der Waals surface area contributed by atoms with Crippen molar-refractivity contribution in [3.63, 3.8) is 0 Å². The van der Waals surface area contributed by atoms with Crippen molar-refractivity contribution < 1.29 is 4.74 Å². The SMILES string of the molecule is Ic1nc(CC2CCCCO2)ns1. The van der Waals surface area contributed by atoms with Crippen LogP contribution < -0.4 is 0 Å². The van der Waals surface area contributed by atoms with Crippen LogP contribution in [-0.4, -0.2) is 22.1 Å². The summed E-state index contributed by atoms with van der Waals surface area (Å²) in [5.41, 5.74) is 0. The van der Waals surface area contributed by atoms with Gasteiger partial charge >= 0.3 is 0 Å². The number of rotatable bonds is 2. The van der Waals surface area contributed by atoms with E-state index in [9.17, 15) is 0 Å². The maximum absolute atomic E-state index is 5.61. The molecular weight excluding hydrogens is 299 g/mol. The van der Waals surface area contributed by atoms with Crippen molar-refractivity contribution in [2.45, 2.75) is 31.8 Å². The van der Waals surface area contributed by atoms with Gasteiger partial charge in [-0.05, 0) is 53.4 Å². The number of hydrogen-bond acceptors (Lipinski definition) is 4. The Labute approximate surface area is 95.2 Å². The number of hydrogen-bond donors (Lipinski definition) is 0. The van der Waals surface area contributed by atoms with Crippen LogP contribution in [0.3, 0.4) is 0 Å². The standard InChI is InChI=1S/C8H11IN2OS/c9-8-10-7(11-13-8)5-6-3-1-2-4-12-6/h6H,1-5H2. The van der Waals surface area contributed by atoms with Gasteiger partial charge in [0, 0.05) is 13.0 Å². The maximum atomic E-state index is 5.61. The maximum Gasteiger partial charge on any atom is 0.173 e. The number of aromatic nitrogens is 2. The van der Waals surface area contributed by atoms with Crippen molar-refractivity contribution in [2.24, 2.45) is 0 Å². The van der Waals surface area contributed by atoms with E-state index in [-0.39, 0.29) is 0 Å². The second-order valence-electron chi connectivity index (χ2n) is 3.16. The van der Waals surface area contributed by atoms with Crippen LogP contribution in [0.4, 0.5) is 0 Å². The molecule has 0 N–H and O–H groups in total. The minimum Gasteiger partial charge on any atom is -0.378 e. The minimum atomic E-state index is 0.360. The van der Waals surface area contributed by atoms with E-state index in [1.54, 1.807) is 0 Å². The molecule has 1 aromatic rings. The fourth-order valence-corrected chi connectivity index (χ4v) is 2.50. The third-order valence-corrected chi connectivity index (χ3v) is 3.50. The third kappa shape index (κ3) is 2.85. The monoisotopic (exact) mass is 310 g/mol. The van der Waals surface area contributed by atoms with Gasteiger partial charge in [-0.15, -0.1) is 0 Å². The first-order valence-electron chi connectivity index (χ1n) is 4.44. The van der Waals surface area contributed by atoms with E-state index >= 15 is 0 Å². The first-order chi connectivity index (χ1) is 6.34. The van der Waals surface area contributed by atoms with Crippen molar-refractivity contribution >= 4 is 34.1 Å². The first-order valence-corrected chi connectivity index (χ1v) is 6.29. The van der Waals surface area contributed by atoms with Gasteiger partial charge in [0.2, 0.25) is 0 Å². The summed E-state index contributed by atoms with van der Waals surface area (Å²) in [6.45, 7) is 0.909. The van der Waals surface area contributed by atoms with Crippen LogP contribution in [-0.2, 0) is 11.2 Å². The second kappa shape index (κ2) is 4.65. The molecular formula is C8H11IN2OS. The van der Waals surface area contributed by atoms with Crippen LogP contribution in [0.2, 0.25) is 0 Å². The Hall–Kier alpha value is 0.250. The van der Waals surface area contributed by atoms with Gasteiger partial charge in [-0.1, -0.05) is 0 Å². The lowest BCUT2D eigenvalue weighted by atomic mass is 10.1. The lowest BCUT2D eigenvalue weighted by molar-refractivity contribution is 0.0158. The van der Waals surface area contributed by atoms with Gasteiger partial charge in [0.25, 0.3) is 0 Å². The highest BCUT2D eigenvalue weighted by Crippen LogP contribution is 2.17. The van der Waals surface area contributed by atoms with E-state index in [0.717, 1.165) is 28.3 Å².